The molecule has 1 aliphatic rings. The Hall–Kier alpha value is -3.98. The van der Waals surface area contributed by atoms with Crippen molar-refractivity contribution in [2.75, 3.05) is 21.0 Å². The van der Waals surface area contributed by atoms with Crippen LogP contribution in [0.5, 0.6) is 0 Å². The predicted octanol–water partition coefficient (Wildman–Crippen LogP) is 4.06. The quantitative estimate of drug-likeness (QED) is 0.326. The van der Waals surface area contributed by atoms with E-state index in [1.165, 1.54) is 32.4 Å². The maximum atomic E-state index is 13.4. The maximum absolute atomic E-state index is 13.4. The van der Waals surface area contributed by atoms with Crippen LogP contribution in [0, 0.1) is 10.1 Å². The standard InChI is InChI=1S/C25H26N2O7/c1-16-21(24(28)33-4)23(19-11-8-12-20(13-19)27(30)31)22(17(2)26(16)15-32-3)25(29)34-14-18-9-6-5-7-10-18/h5-13,23H,14-15H2,1-4H3. The molecule has 1 aliphatic heterocycles. The van der Waals surface area contributed by atoms with E-state index in [0.717, 1.165) is 5.56 Å². The van der Waals surface area contributed by atoms with E-state index >= 15 is 0 Å². The van der Waals surface area contributed by atoms with Crippen LogP contribution in [0.2, 0.25) is 0 Å². The molecule has 9 heteroatoms. The highest BCUT2D eigenvalue weighted by atomic mass is 16.6. The number of hydrogen-bond donors (Lipinski definition) is 0. The summed E-state index contributed by atoms with van der Waals surface area (Å²) < 4.78 is 16.0. The van der Waals surface area contributed by atoms with Crippen molar-refractivity contribution in [3.05, 3.63) is 98.4 Å². The molecule has 0 spiro atoms. The first kappa shape index (κ1) is 24.7. The van der Waals surface area contributed by atoms with Crippen LogP contribution in [0.3, 0.4) is 0 Å². The summed E-state index contributed by atoms with van der Waals surface area (Å²) >= 11 is 0. The molecule has 2 aromatic rings. The Balaban J connectivity index is 2.15. The number of benzene rings is 2. The zero-order valence-electron chi connectivity index (χ0n) is 19.4. The molecule has 0 fully saturated rings. The number of ether oxygens (including phenoxy) is 3. The molecule has 0 amide bonds. The number of nitro groups is 1. The molecule has 0 N–H and O–H groups in total. The Morgan fingerprint density at radius 1 is 0.971 bits per heavy atom. The van der Waals surface area contributed by atoms with Crippen molar-refractivity contribution in [2.24, 2.45) is 0 Å². The number of hydrogen-bond acceptors (Lipinski definition) is 8. The van der Waals surface area contributed by atoms with Crippen molar-refractivity contribution in [2.45, 2.75) is 26.4 Å². The van der Waals surface area contributed by atoms with Crippen LogP contribution in [0.1, 0.15) is 30.9 Å². The van der Waals surface area contributed by atoms with Crippen molar-refractivity contribution in [3.8, 4) is 0 Å². The van der Waals surface area contributed by atoms with Gasteiger partial charge in [0.1, 0.15) is 13.3 Å². The highest BCUT2D eigenvalue weighted by Crippen LogP contribution is 2.43. The van der Waals surface area contributed by atoms with Crippen molar-refractivity contribution in [1.29, 1.82) is 0 Å². The lowest BCUT2D eigenvalue weighted by molar-refractivity contribution is -0.384. The van der Waals surface area contributed by atoms with Crippen molar-refractivity contribution in [3.63, 3.8) is 0 Å². The number of esters is 2. The first-order valence-corrected chi connectivity index (χ1v) is 10.5. The summed E-state index contributed by atoms with van der Waals surface area (Å²) in [5.41, 5.74) is 2.43. The van der Waals surface area contributed by atoms with Gasteiger partial charge in [-0.1, -0.05) is 42.5 Å². The van der Waals surface area contributed by atoms with Gasteiger partial charge in [-0.05, 0) is 25.0 Å². The summed E-state index contributed by atoms with van der Waals surface area (Å²) in [5.74, 6) is -2.23. The highest BCUT2D eigenvalue weighted by Gasteiger charge is 2.41. The Morgan fingerprint density at radius 2 is 1.62 bits per heavy atom. The third-order valence-corrected chi connectivity index (χ3v) is 5.68. The van der Waals surface area contributed by atoms with Crippen molar-refractivity contribution >= 4 is 17.6 Å². The second-order valence-electron chi connectivity index (χ2n) is 7.68. The number of methoxy groups -OCH3 is 2. The second kappa shape index (κ2) is 10.8. The van der Waals surface area contributed by atoms with E-state index in [-0.39, 0.29) is 30.2 Å². The lowest BCUT2D eigenvalue weighted by Gasteiger charge is -2.37. The van der Waals surface area contributed by atoms with Crippen LogP contribution >= 0.6 is 0 Å². The number of carbonyl (C=O) groups is 2. The molecule has 178 valence electrons. The largest absolute Gasteiger partial charge is 0.466 e. The van der Waals surface area contributed by atoms with Crippen molar-refractivity contribution in [1.82, 2.24) is 4.90 Å². The number of nitro benzene ring substituents is 1. The Kier molecular flexibility index (Phi) is 7.80. The Bertz CT molecular complexity index is 1150. The van der Waals surface area contributed by atoms with Crippen LogP contribution in [0.25, 0.3) is 0 Å². The number of non-ortho nitro benzene ring substituents is 1. The minimum atomic E-state index is -0.927. The minimum Gasteiger partial charge on any atom is -0.466 e. The molecule has 1 heterocycles. The molecule has 9 nitrogen and oxygen atoms in total. The second-order valence-corrected chi connectivity index (χ2v) is 7.68. The van der Waals surface area contributed by atoms with Crippen LogP contribution < -0.4 is 0 Å². The summed E-state index contributed by atoms with van der Waals surface area (Å²) in [6.07, 6.45) is 0. The number of carbonyl (C=O) groups excluding carboxylic acids is 2. The molecule has 3 rings (SSSR count). The van der Waals surface area contributed by atoms with E-state index in [9.17, 15) is 19.7 Å². The van der Waals surface area contributed by atoms with Gasteiger partial charge < -0.3 is 19.1 Å². The zero-order chi connectivity index (χ0) is 24.8. The summed E-state index contributed by atoms with van der Waals surface area (Å²) in [6.45, 7) is 3.54. The average Bonchev–Trinajstić information content (AvgIpc) is 2.85. The van der Waals surface area contributed by atoms with Gasteiger partial charge in [-0.3, -0.25) is 10.1 Å². The summed E-state index contributed by atoms with van der Waals surface area (Å²) in [5, 5.41) is 11.4. The fourth-order valence-electron chi connectivity index (χ4n) is 4.02. The highest BCUT2D eigenvalue weighted by molar-refractivity contribution is 5.99. The van der Waals surface area contributed by atoms with Crippen molar-refractivity contribution < 1.29 is 28.7 Å². The number of nitrogens with zero attached hydrogens (tertiary/aromatic N) is 2. The molecule has 0 bridgehead atoms. The lowest BCUT2D eigenvalue weighted by atomic mass is 9.79. The summed E-state index contributed by atoms with van der Waals surface area (Å²) in [4.78, 5) is 38.9. The molecule has 0 aliphatic carbocycles. The van der Waals surface area contributed by atoms with Gasteiger partial charge in [0.2, 0.25) is 0 Å². The van der Waals surface area contributed by atoms with E-state index in [0.29, 0.717) is 17.0 Å². The molecule has 2 aromatic carbocycles. The molecule has 0 radical (unpaired) electrons. The normalized spacial score (nSPS) is 15.9. The molecule has 1 atom stereocenters. The zero-order valence-corrected chi connectivity index (χ0v) is 19.4. The predicted molar refractivity (Wildman–Crippen MR) is 123 cm³/mol. The SMILES string of the molecule is COCN1C(C)=C(C(=O)OC)C(c2cccc([N+](=O)[O-])c2)C(C(=O)OCc2ccccc2)=C1C. The van der Waals surface area contributed by atoms with E-state index in [1.807, 2.05) is 30.3 Å². The van der Waals surface area contributed by atoms with Crippen LogP contribution in [0.4, 0.5) is 5.69 Å². The first-order valence-electron chi connectivity index (χ1n) is 10.5. The van der Waals surface area contributed by atoms with E-state index in [1.54, 1.807) is 24.8 Å². The average molecular weight is 466 g/mol. The Labute approximate surface area is 197 Å². The molecule has 0 saturated heterocycles. The summed E-state index contributed by atoms with van der Waals surface area (Å²) in [7, 11) is 2.74. The van der Waals surface area contributed by atoms with Crippen LogP contribution in [-0.2, 0) is 30.4 Å². The number of rotatable bonds is 8. The fraction of sp³-hybridized carbons (Fsp3) is 0.280. The van der Waals surface area contributed by atoms with Gasteiger partial charge in [-0.15, -0.1) is 0 Å². The lowest BCUT2D eigenvalue weighted by Crippen LogP contribution is -2.36. The molecular weight excluding hydrogens is 440 g/mol. The molecule has 0 saturated carbocycles. The van der Waals surface area contributed by atoms with Gasteiger partial charge in [-0.25, -0.2) is 9.59 Å². The van der Waals surface area contributed by atoms with Gasteiger partial charge in [0.15, 0.2) is 0 Å². The van der Waals surface area contributed by atoms with Crippen LogP contribution in [-0.4, -0.2) is 42.7 Å². The molecular formula is C25H26N2O7. The van der Waals surface area contributed by atoms with Gasteiger partial charge >= 0.3 is 11.9 Å². The summed E-state index contributed by atoms with van der Waals surface area (Å²) in [6, 6.07) is 15.0. The van der Waals surface area contributed by atoms with E-state index in [4.69, 9.17) is 14.2 Å². The van der Waals surface area contributed by atoms with Gasteiger partial charge in [0.25, 0.3) is 5.69 Å². The molecule has 1 unspecified atom stereocenters. The molecule has 34 heavy (non-hydrogen) atoms. The smallest absolute Gasteiger partial charge is 0.337 e. The van der Waals surface area contributed by atoms with Crippen LogP contribution in [0.15, 0.2) is 77.1 Å². The number of allylic oxidation sites excluding steroid dienone is 2. The topological polar surface area (TPSA) is 108 Å². The minimum absolute atomic E-state index is 0.0264. The molecule has 0 aromatic heterocycles. The van der Waals surface area contributed by atoms with Gasteiger partial charge in [-0.2, -0.15) is 0 Å². The van der Waals surface area contributed by atoms with E-state index in [2.05, 4.69) is 0 Å². The first-order chi connectivity index (χ1) is 16.3. The fourth-order valence-corrected chi connectivity index (χ4v) is 4.02. The van der Waals surface area contributed by atoms with Gasteiger partial charge in [0, 0.05) is 30.6 Å². The van der Waals surface area contributed by atoms with E-state index < -0.39 is 22.8 Å². The van der Waals surface area contributed by atoms with Gasteiger partial charge in [0.05, 0.1) is 29.1 Å². The maximum Gasteiger partial charge on any atom is 0.337 e. The monoisotopic (exact) mass is 466 g/mol. The Morgan fingerprint density at radius 3 is 2.21 bits per heavy atom. The third-order valence-electron chi connectivity index (χ3n) is 5.68. The third kappa shape index (κ3) is 4.99.